The minimum absolute atomic E-state index is 0.0493. The molecular weight excluding hydrogens is 396 g/mol. The summed E-state index contributed by atoms with van der Waals surface area (Å²) in [6.45, 7) is 0. The van der Waals surface area contributed by atoms with Gasteiger partial charge in [0.2, 0.25) is 0 Å². The lowest BCUT2D eigenvalue weighted by atomic mass is 10.3. The van der Waals surface area contributed by atoms with Gasteiger partial charge in [0, 0.05) is 0 Å². The van der Waals surface area contributed by atoms with Crippen LogP contribution in [0.3, 0.4) is 0 Å². The highest BCUT2D eigenvalue weighted by Gasteiger charge is 2.22. The lowest BCUT2D eigenvalue weighted by molar-refractivity contribution is 0.100. The zero-order chi connectivity index (χ0) is 14.2. The van der Waals surface area contributed by atoms with Gasteiger partial charge in [0.25, 0.3) is 15.9 Å². The number of halogens is 2. The molecule has 2 heterocycles. The van der Waals surface area contributed by atoms with Crippen molar-refractivity contribution in [2.24, 2.45) is 5.73 Å². The van der Waals surface area contributed by atoms with E-state index in [9.17, 15) is 13.2 Å². The van der Waals surface area contributed by atoms with Gasteiger partial charge in [-0.1, -0.05) is 11.6 Å². The monoisotopic (exact) mass is 400 g/mol. The number of primary amides is 1. The van der Waals surface area contributed by atoms with Crippen molar-refractivity contribution in [3.63, 3.8) is 0 Å². The van der Waals surface area contributed by atoms with Gasteiger partial charge in [0.05, 0.1) is 14.4 Å². The van der Waals surface area contributed by atoms with E-state index in [2.05, 4.69) is 20.7 Å². The van der Waals surface area contributed by atoms with Crippen molar-refractivity contribution >= 4 is 71.1 Å². The molecule has 19 heavy (non-hydrogen) atoms. The van der Waals surface area contributed by atoms with E-state index in [0.29, 0.717) is 8.81 Å². The number of thiophene rings is 2. The Morgan fingerprint density at radius 1 is 1.47 bits per heavy atom. The predicted molar refractivity (Wildman–Crippen MR) is 80.7 cm³/mol. The number of amides is 1. The van der Waals surface area contributed by atoms with Crippen LogP contribution >= 0.6 is 50.2 Å². The van der Waals surface area contributed by atoms with Crippen LogP contribution in [0.15, 0.2) is 25.5 Å². The number of hydrogen-bond donors (Lipinski definition) is 2. The largest absolute Gasteiger partial charge is 0.366 e. The van der Waals surface area contributed by atoms with E-state index < -0.39 is 15.9 Å². The van der Waals surface area contributed by atoms with Crippen LogP contribution in [-0.2, 0) is 10.0 Å². The first kappa shape index (κ1) is 14.8. The average Bonchev–Trinajstić information content (AvgIpc) is 2.87. The fourth-order valence-electron chi connectivity index (χ4n) is 1.21. The van der Waals surface area contributed by atoms with Crippen LogP contribution in [0.2, 0.25) is 5.02 Å². The topological polar surface area (TPSA) is 89.3 Å². The first-order chi connectivity index (χ1) is 8.81. The zero-order valence-electron chi connectivity index (χ0n) is 9.01. The maximum absolute atomic E-state index is 12.1. The number of nitrogens with two attached hydrogens (primary N) is 1. The molecule has 2 rings (SSSR count). The van der Waals surface area contributed by atoms with Crippen molar-refractivity contribution in [3.8, 4) is 0 Å². The van der Waals surface area contributed by atoms with Crippen molar-refractivity contribution in [2.75, 3.05) is 4.72 Å². The predicted octanol–water partition coefficient (Wildman–Crippen LogP) is 3.13. The normalized spacial score (nSPS) is 11.5. The van der Waals surface area contributed by atoms with Crippen LogP contribution in [0, 0.1) is 0 Å². The third-order valence-corrected chi connectivity index (χ3v) is 7.30. The van der Waals surface area contributed by atoms with Gasteiger partial charge < -0.3 is 5.73 Å². The van der Waals surface area contributed by atoms with Crippen molar-refractivity contribution in [3.05, 3.63) is 31.9 Å². The second-order valence-corrected chi connectivity index (χ2v) is 8.92. The minimum Gasteiger partial charge on any atom is -0.366 e. The second kappa shape index (κ2) is 5.41. The molecule has 0 aliphatic carbocycles. The van der Waals surface area contributed by atoms with Gasteiger partial charge in [-0.25, -0.2) is 8.42 Å². The molecular formula is C9H6BrClN2O3S3. The molecule has 0 unspecified atom stereocenters. The number of anilines is 1. The molecule has 0 aromatic carbocycles. The summed E-state index contributed by atoms with van der Waals surface area (Å²) >= 11 is 11.0. The molecule has 2 aromatic rings. The summed E-state index contributed by atoms with van der Waals surface area (Å²) < 4.78 is 27.1. The van der Waals surface area contributed by atoms with Gasteiger partial charge in [-0.3, -0.25) is 9.52 Å². The number of sulfonamides is 1. The molecule has 0 saturated heterocycles. The third-order valence-electron chi connectivity index (χ3n) is 2.05. The summed E-state index contributed by atoms with van der Waals surface area (Å²) in [5.41, 5.74) is 5.29. The highest BCUT2D eigenvalue weighted by atomic mass is 79.9. The van der Waals surface area contributed by atoms with E-state index in [1.807, 2.05) is 0 Å². The SMILES string of the molecule is NC(=O)c1ccsc1NS(=O)(=O)c1cc(Cl)c(Br)s1. The summed E-state index contributed by atoms with van der Waals surface area (Å²) in [4.78, 5) is 11.1. The molecule has 0 spiro atoms. The Morgan fingerprint density at radius 2 is 2.16 bits per heavy atom. The standard InChI is InChI=1S/C9H6BrClN2O3S3/c10-7-5(11)3-6(18-7)19(15,16)13-9-4(8(12)14)1-2-17-9/h1-3,13H,(H2,12,14). The number of carbonyl (C=O) groups excluding carboxylic acids is 1. The fraction of sp³-hybridized carbons (Fsp3) is 0. The molecule has 2 aromatic heterocycles. The summed E-state index contributed by atoms with van der Waals surface area (Å²) in [7, 11) is -3.78. The number of nitrogens with one attached hydrogen (secondary N) is 1. The maximum Gasteiger partial charge on any atom is 0.272 e. The molecule has 0 aliphatic rings. The van der Waals surface area contributed by atoms with Crippen LogP contribution in [0.4, 0.5) is 5.00 Å². The maximum atomic E-state index is 12.1. The first-order valence-corrected chi connectivity index (χ1v) is 9.01. The summed E-state index contributed by atoms with van der Waals surface area (Å²) in [5.74, 6) is -0.690. The van der Waals surface area contributed by atoms with Crippen molar-refractivity contribution < 1.29 is 13.2 Å². The van der Waals surface area contributed by atoms with Gasteiger partial charge in [0.15, 0.2) is 0 Å². The Kier molecular flexibility index (Phi) is 4.21. The molecule has 1 amide bonds. The van der Waals surface area contributed by atoms with Crippen LogP contribution in [0.5, 0.6) is 0 Å². The van der Waals surface area contributed by atoms with Crippen molar-refractivity contribution in [1.29, 1.82) is 0 Å². The van der Waals surface area contributed by atoms with Gasteiger partial charge in [-0.05, 0) is 33.4 Å². The number of hydrogen-bond acceptors (Lipinski definition) is 5. The molecule has 0 saturated carbocycles. The molecule has 0 radical (unpaired) electrons. The summed E-state index contributed by atoms with van der Waals surface area (Å²) in [5, 5.41) is 2.08. The van der Waals surface area contributed by atoms with Gasteiger partial charge in [0.1, 0.15) is 9.21 Å². The molecule has 102 valence electrons. The van der Waals surface area contributed by atoms with Crippen LogP contribution in [0.25, 0.3) is 0 Å². The minimum atomic E-state index is -3.78. The van der Waals surface area contributed by atoms with E-state index in [4.69, 9.17) is 17.3 Å². The molecule has 0 atom stereocenters. The lowest BCUT2D eigenvalue weighted by Gasteiger charge is -2.04. The Hall–Kier alpha value is -0.610. The van der Waals surface area contributed by atoms with E-state index >= 15 is 0 Å². The van der Waals surface area contributed by atoms with Crippen molar-refractivity contribution in [1.82, 2.24) is 0 Å². The van der Waals surface area contributed by atoms with E-state index in [0.717, 1.165) is 22.7 Å². The Morgan fingerprint density at radius 3 is 2.68 bits per heavy atom. The number of rotatable bonds is 4. The molecule has 3 N–H and O–H groups in total. The van der Waals surface area contributed by atoms with Crippen LogP contribution in [-0.4, -0.2) is 14.3 Å². The third kappa shape index (κ3) is 3.11. The summed E-state index contributed by atoms with van der Waals surface area (Å²) in [6, 6.07) is 2.79. The van der Waals surface area contributed by atoms with Gasteiger partial charge in [-0.15, -0.1) is 22.7 Å². The lowest BCUT2D eigenvalue weighted by Crippen LogP contribution is -2.16. The number of carbonyl (C=O) groups is 1. The first-order valence-electron chi connectivity index (χ1n) is 4.66. The molecule has 0 aliphatic heterocycles. The van der Waals surface area contributed by atoms with E-state index in [-0.39, 0.29) is 14.8 Å². The highest BCUT2D eigenvalue weighted by molar-refractivity contribution is 9.11. The smallest absolute Gasteiger partial charge is 0.272 e. The average molecular weight is 402 g/mol. The summed E-state index contributed by atoms with van der Waals surface area (Å²) in [6.07, 6.45) is 0. The highest BCUT2D eigenvalue weighted by Crippen LogP contribution is 2.36. The van der Waals surface area contributed by atoms with Gasteiger partial charge in [-0.2, -0.15) is 0 Å². The van der Waals surface area contributed by atoms with E-state index in [1.165, 1.54) is 12.1 Å². The van der Waals surface area contributed by atoms with Gasteiger partial charge >= 0.3 is 0 Å². The Balaban J connectivity index is 2.36. The quantitative estimate of drug-likeness (QED) is 0.825. The molecule has 10 heteroatoms. The Bertz CT molecular complexity index is 718. The zero-order valence-corrected chi connectivity index (χ0v) is 13.8. The molecule has 0 fully saturated rings. The van der Waals surface area contributed by atoms with E-state index in [1.54, 1.807) is 5.38 Å². The molecule has 5 nitrogen and oxygen atoms in total. The van der Waals surface area contributed by atoms with Crippen LogP contribution in [0.1, 0.15) is 10.4 Å². The van der Waals surface area contributed by atoms with Crippen LogP contribution < -0.4 is 10.5 Å². The Labute approximate surface area is 130 Å². The fourth-order valence-corrected chi connectivity index (χ4v) is 5.74. The van der Waals surface area contributed by atoms with Crippen molar-refractivity contribution in [2.45, 2.75) is 4.21 Å². The molecule has 0 bridgehead atoms. The second-order valence-electron chi connectivity index (χ2n) is 3.32.